The van der Waals surface area contributed by atoms with Gasteiger partial charge in [-0.2, -0.15) is 0 Å². The lowest BCUT2D eigenvalue weighted by molar-refractivity contribution is -0.157. The molecule has 19 heavy (non-hydrogen) atoms. The summed E-state index contributed by atoms with van der Waals surface area (Å²) in [4.78, 5) is 26.6. The predicted molar refractivity (Wildman–Crippen MR) is 76.8 cm³/mol. The third kappa shape index (κ3) is 2.94. The van der Waals surface area contributed by atoms with Gasteiger partial charge in [-0.15, -0.1) is 0 Å². The van der Waals surface area contributed by atoms with Gasteiger partial charge in [-0.25, -0.2) is 0 Å². The highest BCUT2D eigenvalue weighted by Crippen LogP contribution is 2.27. The topological polar surface area (TPSA) is 49.4 Å². The van der Waals surface area contributed by atoms with E-state index in [1.165, 1.54) is 5.54 Å². The van der Waals surface area contributed by atoms with Gasteiger partial charge in [0.2, 0.25) is 11.8 Å². The van der Waals surface area contributed by atoms with E-state index in [4.69, 9.17) is 11.6 Å². The van der Waals surface area contributed by atoms with Crippen LogP contribution in [0.1, 0.15) is 40.5 Å². The van der Waals surface area contributed by atoms with Crippen molar-refractivity contribution < 1.29 is 9.59 Å². The van der Waals surface area contributed by atoms with E-state index in [1.807, 2.05) is 20.8 Å². The molecule has 2 amide bonds. The fourth-order valence-electron chi connectivity index (χ4n) is 2.30. The second-order valence-electron chi connectivity index (χ2n) is 5.27. The first-order valence-electron chi connectivity index (χ1n) is 6.80. The molecule has 0 spiro atoms. The maximum absolute atomic E-state index is 12.6. The Bertz CT molecular complexity index is 384. The van der Waals surface area contributed by atoms with Crippen molar-refractivity contribution in [2.75, 3.05) is 6.54 Å². The summed E-state index contributed by atoms with van der Waals surface area (Å²) in [5.74, 6) is 0.0243. The van der Waals surface area contributed by atoms with Gasteiger partial charge in [0.1, 0.15) is 11.6 Å². The molecule has 3 unspecified atom stereocenters. The molecule has 0 radical (unpaired) electrons. The molecule has 108 valence electrons. The second kappa shape index (κ2) is 6.42. The van der Waals surface area contributed by atoms with Crippen molar-refractivity contribution in [3.8, 4) is 0 Å². The highest BCUT2D eigenvalue weighted by atomic mass is 35.5. The molecule has 1 rings (SSSR count). The van der Waals surface area contributed by atoms with Crippen molar-refractivity contribution in [3.63, 3.8) is 0 Å². The fourth-order valence-corrected chi connectivity index (χ4v) is 2.38. The van der Waals surface area contributed by atoms with Crippen molar-refractivity contribution in [2.45, 2.75) is 52.1 Å². The van der Waals surface area contributed by atoms with E-state index >= 15 is 0 Å². The summed E-state index contributed by atoms with van der Waals surface area (Å²) in [5.41, 5.74) is 0.589. The summed E-state index contributed by atoms with van der Waals surface area (Å²) in [7, 11) is 0. The van der Waals surface area contributed by atoms with Crippen molar-refractivity contribution in [2.24, 2.45) is 5.92 Å². The van der Waals surface area contributed by atoms with Gasteiger partial charge in [0.05, 0.1) is 0 Å². The van der Waals surface area contributed by atoms with Crippen LogP contribution in [-0.2, 0) is 9.59 Å². The Morgan fingerprint density at radius 3 is 2.58 bits per heavy atom. The number of carbonyl (C=O) groups is 2. The van der Waals surface area contributed by atoms with Crippen LogP contribution in [0.5, 0.6) is 0 Å². The molecule has 0 aliphatic carbocycles. The molecule has 4 nitrogen and oxygen atoms in total. The third-order valence-corrected chi connectivity index (χ3v) is 4.36. The molecular weight excluding hydrogens is 264 g/mol. The largest absolute Gasteiger partial charge is 0.342 e. The number of hydrogen-bond acceptors (Lipinski definition) is 2. The highest BCUT2D eigenvalue weighted by Gasteiger charge is 2.48. The fraction of sp³-hybridized carbons (Fsp3) is 0.714. The zero-order valence-corrected chi connectivity index (χ0v) is 12.8. The summed E-state index contributed by atoms with van der Waals surface area (Å²) < 4.78 is 0. The zero-order valence-electron chi connectivity index (χ0n) is 12.1. The van der Waals surface area contributed by atoms with E-state index in [0.29, 0.717) is 13.0 Å². The zero-order chi connectivity index (χ0) is 14.6. The molecule has 0 saturated carbocycles. The normalized spacial score (nSPS) is 29.7. The molecule has 1 aliphatic rings. The van der Waals surface area contributed by atoms with E-state index in [1.54, 1.807) is 17.9 Å². The van der Waals surface area contributed by atoms with E-state index in [-0.39, 0.29) is 17.7 Å². The van der Waals surface area contributed by atoms with Gasteiger partial charge in [0.25, 0.3) is 0 Å². The lowest BCUT2D eigenvalue weighted by Crippen LogP contribution is -2.70. The van der Waals surface area contributed by atoms with Gasteiger partial charge < -0.3 is 10.2 Å². The number of halogens is 1. The van der Waals surface area contributed by atoms with Crippen molar-refractivity contribution >= 4 is 23.4 Å². The summed E-state index contributed by atoms with van der Waals surface area (Å²) in [6.45, 7) is 8.07. The number of hydrogen-bond donors (Lipinski definition) is 1. The molecule has 0 aromatic rings. The Kier molecular flexibility index (Phi) is 5.41. The molecule has 1 saturated heterocycles. The second-order valence-corrected chi connectivity index (χ2v) is 5.53. The molecule has 0 aromatic heterocycles. The maximum atomic E-state index is 12.6. The lowest BCUT2D eigenvalue weighted by Gasteiger charge is -2.46. The quantitative estimate of drug-likeness (QED) is 0.843. The number of rotatable bonds is 5. The molecule has 1 N–H and O–H groups in total. The molecule has 0 bridgehead atoms. The standard InChI is InChI=1S/C14H23ClN2O2/c1-5-10(3)11-12(18)17(9-7-8-15)14(4,6-2)13(19)16-11/h7-8,10-11H,5-6,9H2,1-4H3,(H,16,19)/b8-7+. The Morgan fingerprint density at radius 1 is 1.47 bits per heavy atom. The summed E-state index contributed by atoms with van der Waals surface area (Å²) in [6, 6.07) is -0.430. The van der Waals surface area contributed by atoms with Crippen LogP contribution >= 0.6 is 11.6 Å². The number of nitrogens with zero attached hydrogens (tertiary/aromatic N) is 1. The van der Waals surface area contributed by atoms with Crippen LogP contribution in [0, 0.1) is 5.92 Å². The first-order chi connectivity index (χ1) is 8.92. The van der Waals surface area contributed by atoms with Gasteiger partial charge in [0.15, 0.2) is 0 Å². The minimum Gasteiger partial charge on any atom is -0.342 e. The molecular formula is C14H23ClN2O2. The smallest absolute Gasteiger partial charge is 0.246 e. The molecule has 1 aliphatic heterocycles. The van der Waals surface area contributed by atoms with Gasteiger partial charge in [-0.1, -0.05) is 44.9 Å². The summed E-state index contributed by atoms with van der Waals surface area (Å²) in [5, 5.41) is 2.88. The van der Waals surface area contributed by atoms with Crippen LogP contribution in [0.4, 0.5) is 0 Å². The molecule has 1 fully saturated rings. The molecule has 1 heterocycles. The average molecular weight is 287 g/mol. The predicted octanol–water partition coefficient (Wildman–Crippen LogP) is 2.28. The van der Waals surface area contributed by atoms with E-state index < -0.39 is 11.6 Å². The molecule has 5 heteroatoms. The van der Waals surface area contributed by atoms with Crippen molar-refractivity contribution in [3.05, 3.63) is 11.6 Å². The number of amides is 2. The lowest BCUT2D eigenvalue weighted by atomic mass is 9.86. The summed E-state index contributed by atoms with van der Waals surface area (Å²) >= 11 is 5.55. The highest BCUT2D eigenvalue weighted by molar-refractivity contribution is 6.25. The number of nitrogens with one attached hydrogen (secondary N) is 1. The van der Waals surface area contributed by atoms with E-state index in [2.05, 4.69) is 5.32 Å². The number of piperazine rings is 1. The first-order valence-corrected chi connectivity index (χ1v) is 7.23. The maximum Gasteiger partial charge on any atom is 0.246 e. The van der Waals surface area contributed by atoms with Gasteiger partial charge >= 0.3 is 0 Å². The van der Waals surface area contributed by atoms with E-state index in [0.717, 1.165) is 6.42 Å². The van der Waals surface area contributed by atoms with E-state index in [9.17, 15) is 9.59 Å². The van der Waals surface area contributed by atoms with Crippen LogP contribution in [-0.4, -0.2) is 34.8 Å². The van der Waals surface area contributed by atoms with Crippen LogP contribution < -0.4 is 5.32 Å². The van der Waals surface area contributed by atoms with Crippen molar-refractivity contribution in [1.82, 2.24) is 10.2 Å². The Balaban J connectivity index is 3.08. The Hall–Kier alpha value is -1.03. The Labute approximate surface area is 120 Å². The number of carbonyl (C=O) groups excluding carboxylic acids is 2. The monoisotopic (exact) mass is 286 g/mol. The third-order valence-electron chi connectivity index (χ3n) is 4.18. The van der Waals surface area contributed by atoms with Crippen LogP contribution in [0.2, 0.25) is 0 Å². The van der Waals surface area contributed by atoms with Crippen molar-refractivity contribution in [1.29, 1.82) is 0 Å². The minimum absolute atomic E-state index is 0.0203. The van der Waals surface area contributed by atoms with Crippen LogP contribution in [0.3, 0.4) is 0 Å². The first kappa shape index (κ1) is 16.0. The van der Waals surface area contributed by atoms with Crippen LogP contribution in [0.15, 0.2) is 11.6 Å². The van der Waals surface area contributed by atoms with Crippen LogP contribution in [0.25, 0.3) is 0 Å². The minimum atomic E-state index is -0.794. The Morgan fingerprint density at radius 2 is 2.11 bits per heavy atom. The summed E-state index contributed by atoms with van der Waals surface area (Å²) in [6.07, 6.45) is 3.12. The molecule has 0 aromatic carbocycles. The van der Waals surface area contributed by atoms with Gasteiger partial charge in [-0.05, 0) is 19.3 Å². The molecule has 3 atom stereocenters. The van der Waals surface area contributed by atoms with Gasteiger partial charge in [-0.3, -0.25) is 9.59 Å². The van der Waals surface area contributed by atoms with Gasteiger partial charge in [0, 0.05) is 12.1 Å². The SMILES string of the molecule is CCC(C)C1NC(=O)C(C)(CC)N(C/C=C/Cl)C1=O. The average Bonchev–Trinajstić information content (AvgIpc) is 2.41.